The first-order chi connectivity index (χ1) is 15.2. The average Bonchev–Trinajstić information content (AvgIpc) is 3.39. The van der Waals surface area contributed by atoms with E-state index < -0.39 is 0 Å². The summed E-state index contributed by atoms with van der Waals surface area (Å²) in [5.74, 6) is 1.90. The number of nitrogens with one attached hydrogen (secondary N) is 1. The summed E-state index contributed by atoms with van der Waals surface area (Å²) in [4.78, 5) is 16.7. The maximum atomic E-state index is 12.0. The zero-order valence-electron chi connectivity index (χ0n) is 17.2. The molecule has 0 aliphatic heterocycles. The molecule has 1 N–H and O–H groups in total. The lowest BCUT2D eigenvalue weighted by molar-refractivity contribution is -0.118. The average molecular weight is 470 g/mol. The first-order valence-electron chi connectivity index (χ1n) is 10.1. The summed E-state index contributed by atoms with van der Waals surface area (Å²) in [5, 5.41) is 12.5. The minimum atomic E-state index is 0.0199. The van der Waals surface area contributed by atoms with E-state index in [1.165, 1.54) is 22.0 Å². The van der Waals surface area contributed by atoms with E-state index in [2.05, 4.69) is 38.3 Å². The van der Waals surface area contributed by atoms with Crippen molar-refractivity contribution in [3.05, 3.63) is 66.0 Å². The van der Waals surface area contributed by atoms with Gasteiger partial charge in [-0.05, 0) is 24.1 Å². The van der Waals surface area contributed by atoms with Crippen molar-refractivity contribution in [1.29, 1.82) is 0 Å². The van der Waals surface area contributed by atoms with Gasteiger partial charge in [0.15, 0.2) is 9.50 Å². The number of carbonyl (C=O) groups is 1. The van der Waals surface area contributed by atoms with Crippen molar-refractivity contribution in [2.24, 2.45) is 0 Å². The van der Waals surface area contributed by atoms with Gasteiger partial charge in [-0.15, -0.1) is 21.5 Å². The highest BCUT2D eigenvalue weighted by atomic mass is 32.2. The normalized spacial score (nSPS) is 11.1. The van der Waals surface area contributed by atoms with Crippen molar-refractivity contribution < 1.29 is 4.79 Å². The van der Waals surface area contributed by atoms with Crippen LogP contribution in [0.2, 0.25) is 0 Å². The van der Waals surface area contributed by atoms with Crippen molar-refractivity contribution in [2.45, 2.75) is 35.1 Å². The van der Waals surface area contributed by atoms with Crippen molar-refractivity contribution in [3.8, 4) is 0 Å². The summed E-state index contributed by atoms with van der Waals surface area (Å²) >= 11 is 4.79. The van der Waals surface area contributed by atoms with Crippen LogP contribution in [0.3, 0.4) is 0 Å². The van der Waals surface area contributed by atoms with Gasteiger partial charge >= 0.3 is 0 Å². The summed E-state index contributed by atoms with van der Waals surface area (Å²) in [6, 6.07) is 18.4. The summed E-state index contributed by atoms with van der Waals surface area (Å²) in [6.07, 6.45) is 0.924. The summed E-state index contributed by atoms with van der Waals surface area (Å²) in [6.45, 7) is 3.40. The number of amides is 1. The van der Waals surface area contributed by atoms with Crippen LogP contribution in [0.4, 0.5) is 0 Å². The standard InChI is InChI=1S/C22H23N5OS3/c1-2-12-23-20(28)15-29-21-26-25-19(27(21)13-16-8-4-3-5-9-16)14-30-22-24-17-10-6-7-11-18(17)31-22/h3-11H,2,12-15H2,1H3,(H,23,28). The fourth-order valence-corrected chi connectivity index (χ4v) is 5.74. The second-order valence-electron chi connectivity index (χ2n) is 6.85. The van der Waals surface area contributed by atoms with Gasteiger partial charge in [-0.2, -0.15) is 0 Å². The number of aromatic nitrogens is 4. The molecule has 2 aromatic carbocycles. The second kappa shape index (κ2) is 10.8. The van der Waals surface area contributed by atoms with Gasteiger partial charge in [-0.1, -0.05) is 72.9 Å². The van der Waals surface area contributed by atoms with Gasteiger partial charge in [0, 0.05) is 6.54 Å². The molecule has 0 fully saturated rings. The van der Waals surface area contributed by atoms with E-state index in [4.69, 9.17) is 4.98 Å². The summed E-state index contributed by atoms with van der Waals surface area (Å²) in [5.41, 5.74) is 2.20. The van der Waals surface area contributed by atoms with Gasteiger partial charge in [-0.3, -0.25) is 4.79 Å². The van der Waals surface area contributed by atoms with E-state index in [0.717, 1.165) is 27.3 Å². The minimum Gasteiger partial charge on any atom is -0.355 e. The SMILES string of the molecule is CCCNC(=O)CSc1nnc(CSc2nc3ccccc3s2)n1Cc1ccccc1. The smallest absolute Gasteiger partial charge is 0.230 e. The Bertz CT molecular complexity index is 1110. The predicted octanol–water partition coefficient (Wildman–Crippen LogP) is 4.85. The molecule has 0 radical (unpaired) electrons. The molecule has 9 heteroatoms. The van der Waals surface area contributed by atoms with E-state index >= 15 is 0 Å². The van der Waals surface area contributed by atoms with Gasteiger partial charge in [0.2, 0.25) is 5.91 Å². The molecule has 4 aromatic rings. The monoisotopic (exact) mass is 469 g/mol. The van der Waals surface area contributed by atoms with Crippen molar-refractivity contribution in [1.82, 2.24) is 25.1 Å². The number of hydrogen-bond donors (Lipinski definition) is 1. The number of carbonyl (C=O) groups excluding carboxylic acids is 1. The van der Waals surface area contributed by atoms with Crippen LogP contribution >= 0.6 is 34.9 Å². The van der Waals surface area contributed by atoms with Crippen molar-refractivity contribution in [2.75, 3.05) is 12.3 Å². The van der Waals surface area contributed by atoms with Crippen LogP contribution in [0.5, 0.6) is 0 Å². The van der Waals surface area contributed by atoms with Gasteiger partial charge in [-0.25, -0.2) is 4.98 Å². The lowest BCUT2D eigenvalue weighted by Crippen LogP contribution is -2.25. The fourth-order valence-electron chi connectivity index (χ4n) is 2.94. The molecule has 31 heavy (non-hydrogen) atoms. The Hall–Kier alpha value is -2.36. The molecule has 4 rings (SSSR count). The third kappa shape index (κ3) is 5.87. The van der Waals surface area contributed by atoms with E-state index in [-0.39, 0.29) is 5.91 Å². The molecular formula is C22H23N5OS3. The summed E-state index contributed by atoms with van der Waals surface area (Å²) < 4.78 is 4.31. The Balaban J connectivity index is 1.50. The molecule has 160 valence electrons. The highest BCUT2D eigenvalue weighted by molar-refractivity contribution is 8.00. The van der Waals surface area contributed by atoms with Crippen LogP contribution in [-0.2, 0) is 17.1 Å². The molecule has 2 aromatic heterocycles. The molecule has 0 spiro atoms. The van der Waals surface area contributed by atoms with E-state index in [0.29, 0.717) is 24.6 Å². The Morgan fingerprint density at radius 2 is 1.87 bits per heavy atom. The zero-order valence-corrected chi connectivity index (χ0v) is 19.6. The number of hydrogen-bond acceptors (Lipinski definition) is 7. The molecule has 6 nitrogen and oxygen atoms in total. The Kier molecular flexibility index (Phi) is 7.61. The maximum Gasteiger partial charge on any atom is 0.230 e. The van der Waals surface area contributed by atoms with Crippen LogP contribution in [0, 0.1) is 0 Å². The Morgan fingerprint density at radius 1 is 1.06 bits per heavy atom. The minimum absolute atomic E-state index is 0.0199. The van der Waals surface area contributed by atoms with Gasteiger partial charge in [0.05, 0.1) is 28.3 Å². The van der Waals surface area contributed by atoms with Crippen molar-refractivity contribution >= 4 is 51.0 Å². The highest BCUT2D eigenvalue weighted by Crippen LogP contribution is 2.31. The Labute approximate surface area is 193 Å². The molecule has 0 saturated heterocycles. The zero-order chi connectivity index (χ0) is 21.5. The lowest BCUT2D eigenvalue weighted by atomic mass is 10.2. The quantitative estimate of drug-likeness (QED) is 0.335. The fraction of sp³-hybridized carbons (Fsp3) is 0.273. The predicted molar refractivity (Wildman–Crippen MR) is 129 cm³/mol. The number of nitrogens with zero attached hydrogens (tertiary/aromatic N) is 4. The topological polar surface area (TPSA) is 72.7 Å². The molecule has 0 aliphatic carbocycles. The number of fused-ring (bicyclic) bond motifs is 1. The third-order valence-electron chi connectivity index (χ3n) is 4.48. The largest absolute Gasteiger partial charge is 0.355 e. The van der Waals surface area contributed by atoms with Crippen LogP contribution in [0.25, 0.3) is 10.2 Å². The van der Waals surface area contributed by atoms with E-state index in [1.807, 2.05) is 43.3 Å². The number of benzene rings is 2. The highest BCUT2D eigenvalue weighted by Gasteiger charge is 2.16. The van der Waals surface area contributed by atoms with Crippen LogP contribution < -0.4 is 5.32 Å². The molecule has 0 bridgehead atoms. The first kappa shape index (κ1) is 21.9. The van der Waals surface area contributed by atoms with E-state index in [9.17, 15) is 4.79 Å². The van der Waals surface area contributed by atoms with Crippen LogP contribution in [0.15, 0.2) is 64.1 Å². The second-order valence-corrected chi connectivity index (χ2v) is 10.0. The number of thioether (sulfide) groups is 2. The Morgan fingerprint density at radius 3 is 2.68 bits per heavy atom. The number of rotatable bonds is 10. The molecule has 0 unspecified atom stereocenters. The molecule has 2 heterocycles. The number of para-hydroxylation sites is 1. The maximum absolute atomic E-state index is 12.0. The van der Waals surface area contributed by atoms with E-state index in [1.54, 1.807) is 23.1 Å². The molecule has 0 saturated carbocycles. The molecule has 0 aliphatic rings. The van der Waals surface area contributed by atoms with Crippen molar-refractivity contribution in [3.63, 3.8) is 0 Å². The third-order valence-corrected chi connectivity index (χ3v) is 7.62. The van der Waals surface area contributed by atoms with Crippen LogP contribution in [0.1, 0.15) is 24.7 Å². The van der Waals surface area contributed by atoms with Crippen LogP contribution in [-0.4, -0.2) is 38.0 Å². The molecule has 1 amide bonds. The number of thiazole rings is 1. The summed E-state index contributed by atoms with van der Waals surface area (Å²) in [7, 11) is 0. The van der Waals surface area contributed by atoms with Gasteiger partial charge < -0.3 is 9.88 Å². The first-order valence-corrected chi connectivity index (χ1v) is 12.9. The lowest BCUT2D eigenvalue weighted by Gasteiger charge is -2.10. The van der Waals surface area contributed by atoms with Gasteiger partial charge in [0.1, 0.15) is 5.82 Å². The molecule has 0 atom stereocenters. The van der Waals surface area contributed by atoms with Gasteiger partial charge in [0.25, 0.3) is 0 Å². The molecular weight excluding hydrogens is 446 g/mol.